The van der Waals surface area contributed by atoms with Crippen molar-refractivity contribution in [1.29, 1.82) is 0 Å². The Balaban J connectivity index is 1.94. The second-order valence-corrected chi connectivity index (χ2v) is 6.56. The van der Waals surface area contributed by atoms with Gasteiger partial charge in [0.05, 0.1) is 0 Å². The van der Waals surface area contributed by atoms with Crippen LogP contribution in [-0.2, 0) is 0 Å². The molecule has 0 atom stereocenters. The van der Waals surface area contributed by atoms with Crippen molar-refractivity contribution in [2.24, 2.45) is 0 Å². The Kier molecular flexibility index (Phi) is 2.63. The van der Waals surface area contributed by atoms with Gasteiger partial charge in [0.1, 0.15) is 0 Å². The van der Waals surface area contributed by atoms with E-state index in [1.54, 1.807) is 0 Å². The van der Waals surface area contributed by atoms with Crippen molar-refractivity contribution in [3.05, 3.63) is 78.4 Å². The first-order chi connectivity index (χ1) is 11.7. The molecule has 1 nitrogen and oxygen atoms in total. The average Bonchev–Trinajstić information content (AvgIpc) is 2.62. The minimum absolute atomic E-state index is 0.865. The predicted octanol–water partition coefficient (Wildman–Crippen LogP) is 6.14. The van der Waals surface area contributed by atoms with E-state index < -0.39 is 0 Å². The van der Waals surface area contributed by atoms with Gasteiger partial charge in [-0.3, -0.25) is 0 Å². The van der Waals surface area contributed by atoms with Crippen LogP contribution in [0.15, 0.2) is 72.8 Å². The Hall–Kier alpha value is -3.06. The number of benzene rings is 5. The SMILES string of the molecule is Cc1ccc(-c2cc3ccc4cccc5ccc(c2N)c3c45)cc1. The lowest BCUT2D eigenvalue weighted by Crippen LogP contribution is -1.94. The summed E-state index contributed by atoms with van der Waals surface area (Å²) in [7, 11) is 0. The van der Waals surface area contributed by atoms with E-state index in [-0.39, 0.29) is 0 Å². The van der Waals surface area contributed by atoms with Crippen LogP contribution < -0.4 is 5.73 Å². The Morgan fingerprint density at radius 3 is 2.08 bits per heavy atom. The Morgan fingerprint density at radius 1 is 0.667 bits per heavy atom. The van der Waals surface area contributed by atoms with Gasteiger partial charge in [-0.25, -0.2) is 0 Å². The fraction of sp³-hybridized carbons (Fsp3) is 0.0435. The molecule has 114 valence electrons. The Morgan fingerprint density at radius 2 is 1.33 bits per heavy atom. The summed E-state index contributed by atoms with van der Waals surface area (Å²) in [6.07, 6.45) is 0. The summed E-state index contributed by atoms with van der Waals surface area (Å²) in [4.78, 5) is 0. The highest BCUT2D eigenvalue weighted by Gasteiger charge is 2.13. The van der Waals surface area contributed by atoms with Crippen LogP contribution in [0.25, 0.3) is 43.4 Å². The summed E-state index contributed by atoms with van der Waals surface area (Å²) in [6.45, 7) is 2.10. The van der Waals surface area contributed by atoms with Gasteiger partial charge in [-0.05, 0) is 45.5 Å². The van der Waals surface area contributed by atoms with Crippen molar-refractivity contribution in [3.63, 3.8) is 0 Å². The zero-order chi connectivity index (χ0) is 16.3. The number of aryl methyl sites for hydroxylation is 1. The quantitative estimate of drug-likeness (QED) is 0.292. The zero-order valence-electron chi connectivity index (χ0n) is 13.5. The lowest BCUT2D eigenvalue weighted by atomic mass is 9.90. The third-order valence-electron chi connectivity index (χ3n) is 5.05. The maximum absolute atomic E-state index is 6.60. The monoisotopic (exact) mass is 307 g/mol. The van der Waals surface area contributed by atoms with E-state index in [0.29, 0.717) is 0 Å². The van der Waals surface area contributed by atoms with Crippen molar-refractivity contribution < 1.29 is 0 Å². The molecular weight excluding hydrogens is 290 g/mol. The molecule has 0 heterocycles. The van der Waals surface area contributed by atoms with Gasteiger partial charge in [0.2, 0.25) is 0 Å². The van der Waals surface area contributed by atoms with Crippen molar-refractivity contribution in [3.8, 4) is 11.1 Å². The lowest BCUT2D eigenvalue weighted by molar-refractivity contribution is 1.47. The molecule has 0 bridgehead atoms. The lowest BCUT2D eigenvalue weighted by Gasteiger charge is -2.15. The normalized spacial score (nSPS) is 11.7. The van der Waals surface area contributed by atoms with Crippen LogP contribution >= 0.6 is 0 Å². The summed E-state index contributed by atoms with van der Waals surface area (Å²) < 4.78 is 0. The average molecular weight is 307 g/mol. The maximum atomic E-state index is 6.60. The topological polar surface area (TPSA) is 26.0 Å². The van der Waals surface area contributed by atoms with Gasteiger partial charge >= 0.3 is 0 Å². The number of hydrogen-bond acceptors (Lipinski definition) is 1. The zero-order valence-corrected chi connectivity index (χ0v) is 13.5. The maximum Gasteiger partial charge on any atom is 0.0474 e. The molecule has 0 amide bonds. The molecule has 24 heavy (non-hydrogen) atoms. The largest absolute Gasteiger partial charge is 0.398 e. The summed E-state index contributed by atoms with van der Waals surface area (Å²) in [5.74, 6) is 0. The molecule has 0 saturated carbocycles. The van der Waals surface area contributed by atoms with Gasteiger partial charge in [0, 0.05) is 16.6 Å². The molecule has 5 rings (SSSR count). The Labute approximate surface area is 140 Å². The van der Waals surface area contributed by atoms with E-state index in [9.17, 15) is 0 Å². The number of rotatable bonds is 1. The molecule has 2 N–H and O–H groups in total. The number of nitrogens with two attached hydrogens (primary N) is 1. The van der Waals surface area contributed by atoms with Crippen LogP contribution in [-0.4, -0.2) is 0 Å². The van der Waals surface area contributed by atoms with E-state index in [1.165, 1.54) is 38.1 Å². The first kappa shape index (κ1) is 13.4. The van der Waals surface area contributed by atoms with Crippen LogP contribution in [0.3, 0.4) is 0 Å². The number of hydrogen-bond donors (Lipinski definition) is 1. The molecule has 0 spiro atoms. The third-order valence-corrected chi connectivity index (χ3v) is 5.05. The fourth-order valence-corrected chi connectivity index (χ4v) is 3.80. The molecule has 0 aliphatic carbocycles. The van der Waals surface area contributed by atoms with Gasteiger partial charge in [-0.2, -0.15) is 0 Å². The third kappa shape index (κ3) is 1.75. The second-order valence-electron chi connectivity index (χ2n) is 6.56. The van der Waals surface area contributed by atoms with Crippen LogP contribution in [0, 0.1) is 6.92 Å². The van der Waals surface area contributed by atoms with Crippen molar-refractivity contribution in [1.82, 2.24) is 0 Å². The molecule has 0 fully saturated rings. The van der Waals surface area contributed by atoms with Crippen LogP contribution in [0.1, 0.15) is 5.56 Å². The van der Waals surface area contributed by atoms with E-state index in [1.807, 2.05) is 0 Å². The molecule has 1 heteroatoms. The molecule has 0 aliphatic rings. The number of anilines is 1. The molecule has 0 aromatic heterocycles. The minimum Gasteiger partial charge on any atom is -0.398 e. The molecular formula is C23H17N. The summed E-state index contributed by atoms with van der Waals surface area (Å²) in [5.41, 5.74) is 11.0. The number of nitrogen functional groups attached to an aromatic ring is 1. The van der Waals surface area contributed by atoms with E-state index in [4.69, 9.17) is 5.73 Å². The molecule has 0 radical (unpaired) electrons. The van der Waals surface area contributed by atoms with Crippen LogP contribution in [0.2, 0.25) is 0 Å². The van der Waals surface area contributed by atoms with E-state index >= 15 is 0 Å². The van der Waals surface area contributed by atoms with Crippen LogP contribution in [0.4, 0.5) is 5.69 Å². The van der Waals surface area contributed by atoms with Gasteiger partial charge in [-0.15, -0.1) is 0 Å². The highest BCUT2D eigenvalue weighted by molar-refractivity contribution is 6.26. The highest BCUT2D eigenvalue weighted by Crippen LogP contribution is 2.41. The summed E-state index contributed by atoms with van der Waals surface area (Å²) >= 11 is 0. The molecule has 0 aliphatic heterocycles. The van der Waals surface area contributed by atoms with Gasteiger partial charge in [0.15, 0.2) is 0 Å². The van der Waals surface area contributed by atoms with Crippen molar-refractivity contribution in [2.75, 3.05) is 5.73 Å². The van der Waals surface area contributed by atoms with Crippen LogP contribution in [0.5, 0.6) is 0 Å². The minimum atomic E-state index is 0.865. The van der Waals surface area contributed by atoms with E-state index in [2.05, 4.69) is 79.7 Å². The molecule has 5 aromatic rings. The first-order valence-corrected chi connectivity index (χ1v) is 8.25. The predicted molar refractivity (Wildman–Crippen MR) is 105 cm³/mol. The Bertz CT molecular complexity index is 1180. The second kappa shape index (κ2) is 4.72. The molecule has 0 saturated heterocycles. The smallest absolute Gasteiger partial charge is 0.0474 e. The van der Waals surface area contributed by atoms with Gasteiger partial charge in [-0.1, -0.05) is 72.3 Å². The standard InChI is InChI=1S/C23H17N/c1-14-5-7-15(8-6-14)20-13-18-10-9-16-3-2-4-17-11-12-19(23(20)24)22(18)21(16)17/h2-13H,24H2,1H3. The van der Waals surface area contributed by atoms with Crippen molar-refractivity contribution in [2.45, 2.75) is 6.92 Å². The molecule has 0 unspecified atom stereocenters. The highest BCUT2D eigenvalue weighted by atomic mass is 14.6. The first-order valence-electron chi connectivity index (χ1n) is 8.25. The molecule has 5 aromatic carbocycles. The van der Waals surface area contributed by atoms with Gasteiger partial charge < -0.3 is 5.73 Å². The van der Waals surface area contributed by atoms with Crippen molar-refractivity contribution >= 4 is 38.0 Å². The van der Waals surface area contributed by atoms with E-state index in [0.717, 1.165) is 16.6 Å². The summed E-state index contributed by atoms with van der Waals surface area (Å²) in [5, 5.41) is 7.53. The summed E-state index contributed by atoms with van der Waals surface area (Å²) in [6, 6.07) is 26.0. The fourth-order valence-electron chi connectivity index (χ4n) is 3.80. The van der Waals surface area contributed by atoms with Gasteiger partial charge in [0.25, 0.3) is 0 Å².